The Morgan fingerprint density at radius 3 is 2.48 bits per heavy atom. The molecule has 0 radical (unpaired) electrons. The minimum absolute atomic E-state index is 0.441. The van der Waals surface area contributed by atoms with E-state index in [1.165, 1.54) is 0 Å². The van der Waals surface area contributed by atoms with Gasteiger partial charge in [0, 0.05) is 25.3 Å². The van der Waals surface area contributed by atoms with Gasteiger partial charge in [0.25, 0.3) is 0 Å². The molecule has 0 bridgehead atoms. The number of rotatable bonds is 16. The van der Waals surface area contributed by atoms with E-state index in [4.69, 9.17) is 15.4 Å². The number of carbonyl (C=O) groups excluding carboxylic acids is 2. The van der Waals surface area contributed by atoms with Gasteiger partial charge in [-0.2, -0.15) is 5.90 Å². The molecule has 0 aliphatic carbocycles. The molecule has 0 aromatic heterocycles. The Hall–Kier alpha value is -1.80. The lowest BCUT2D eigenvalue weighted by atomic mass is 9.97. The number of nitrogens with two attached hydrogens (primary N) is 1. The second-order valence-electron chi connectivity index (χ2n) is 7.09. The van der Waals surface area contributed by atoms with Gasteiger partial charge in [0.2, 0.25) is 0 Å². The number of carbonyl (C=O) groups is 2. The molecule has 1 rings (SSSR count). The molecule has 0 spiro atoms. The van der Waals surface area contributed by atoms with Crippen molar-refractivity contribution < 1.29 is 23.9 Å². The Morgan fingerprint density at radius 1 is 1.14 bits per heavy atom. The van der Waals surface area contributed by atoms with Gasteiger partial charge < -0.3 is 14.3 Å². The first kappa shape index (κ1) is 25.2. The molecule has 2 N–H and O–H groups in total. The number of hydrogen-bond acceptors (Lipinski definition) is 7. The number of aldehydes is 1. The molecule has 164 valence electrons. The standard InChI is InChI=1S/C22H36N2O5/c1-4-8-21(22(26)29-23)24(3)16-20-18(9-6-10-19(20)17-25)11-7-13-28-15-14-27-12-5-2/h6,9-10,17,21H,4-5,7-8,11-16,23H2,1-3H3. The van der Waals surface area contributed by atoms with Crippen LogP contribution >= 0.6 is 0 Å². The van der Waals surface area contributed by atoms with Crippen LogP contribution in [0.1, 0.15) is 61.0 Å². The Labute approximate surface area is 174 Å². The first-order valence-corrected chi connectivity index (χ1v) is 10.4. The molecule has 1 aromatic rings. The lowest BCUT2D eigenvalue weighted by Gasteiger charge is -2.27. The molecule has 0 heterocycles. The summed E-state index contributed by atoms with van der Waals surface area (Å²) in [5.74, 6) is 4.64. The van der Waals surface area contributed by atoms with E-state index in [1.807, 2.05) is 31.0 Å². The highest BCUT2D eigenvalue weighted by molar-refractivity contribution is 5.78. The first-order chi connectivity index (χ1) is 14.1. The van der Waals surface area contributed by atoms with Crippen LogP contribution in [-0.2, 0) is 32.1 Å². The molecular weight excluding hydrogens is 372 g/mol. The second kappa shape index (κ2) is 15.1. The number of nitrogens with zero attached hydrogens (tertiary/aromatic N) is 1. The van der Waals surface area contributed by atoms with Crippen LogP contribution in [0, 0.1) is 0 Å². The average molecular weight is 409 g/mol. The lowest BCUT2D eigenvalue weighted by Crippen LogP contribution is -2.40. The van der Waals surface area contributed by atoms with Crippen LogP contribution in [0.2, 0.25) is 0 Å². The van der Waals surface area contributed by atoms with Gasteiger partial charge >= 0.3 is 5.97 Å². The van der Waals surface area contributed by atoms with E-state index in [0.29, 0.717) is 38.3 Å². The number of ether oxygens (including phenoxy) is 2. The monoisotopic (exact) mass is 408 g/mol. The highest BCUT2D eigenvalue weighted by atomic mass is 16.7. The van der Waals surface area contributed by atoms with Crippen LogP contribution < -0.4 is 5.90 Å². The summed E-state index contributed by atoms with van der Waals surface area (Å²) in [6.45, 7) is 7.14. The SMILES string of the molecule is CCCOCCOCCCc1cccc(C=O)c1CN(C)C(CCC)C(=O)ON. The van der Waals surface area contributed by atoms with Gasteiger partial charge in [-0.3, -0.25) is 9.69 Å². The molecule has 0 aliphatic heterocycles. The van der Waals surface area contributed by atoms with Crippen molar-refractivity contribution in [2.75, 3.05) is 33.5 Å². The summed E-state index contributed by atoms with van der Waals surface area (Å²) in [5, 5.41) is 0. The van der Waals surface area contributed by atoms with Gasteiger partial charge in [0.15, 0.2) is 0 Å². The zero-order valence-electron chi connectivity index (χ0n) is 18.0. The van der Waals surface area contributed by atoms with Crippen molar-refractivity contribution in [3.63, 3.8) is 0 Å². The Kier molecular flexibility index (Phi) is 13.1. The maximum Gasteiger partial charge on any atom is 0.341 e. The molecule has 0 fully saturated rings. The van der Waals surface area contributed by atoms with Crippen molar-refractivity contribution >= 4 is 12.3 Å². The fraction of sp³-hybridized carbons (Fsp3) is 0.636. The Balaban J connectivity index is 2.71. The third kappa shape index (κ3) is 9.04. The Morgan fingerprint density at radius 2 is 1.86 bits per heavy atom. The molecule has 1 unspecified atom stereocenters. The molecule has 7 nitrogen and oxygen atoms in total. The Bertz CT molecular complexity index is 609. The summed E-state index contributed by atoms with van der Waals surface area (Å²) in [6, 6.07) is 5.28. The normalized spacial score (nSPS) is 12.2. The van der Waals surface area contributed by atoms with E-state index >= 15 is 0 Å². The zero-order valence-corrected chi connectivity index (χ0v) is 18.0. The largest absolute Gasteiger partial charge is 0.379 e. The van der Waals surface area contributed by atoms with Crippen molar-refractivity contribution in [1.82, 2.24) is 4.90 Å². The van der Waals surface area contributed by atoms with E-state index in [0.717, 1.165) is 49.7 Å². The van der Waals surface area contributed by atoms with Crippen molar-refractivity contribution in [3.8, 4) is 0 Å². The molecule has 0 saturated heterocycles. The topological polar surface area (TPSA) is 91.1 Å². The summed E-state index contributed by atoms with van der Waals surface area (Å²) in [5.41, 5.74) is 2.66. The molecule has 0 saturated carbocycles. The molecule has 1 aromatic carbocycles. The lowest BCUT2D eigenvalue weighted by molar-refractivity contribution is -0.150. The summed E-state index contributed by atoms with van der Waals surface area (Å²) in [4.78, 5) is 30.0. The maximum atomic E-state index is 12.0. The minimum atomic E-state index is -0.460. The summed E-state index contributed by atoms with van der Waals surface area (Å²) in [7, 11) is 1.85. The van der Waals surface area contributed by atoms with E-state index in [2.05, 4.69) is 11.8 Å². The van der Waals surface area contributed by atoms with Gasteiger partial charge in [-0.05, 0) is 43.9 Å². The van der Waals surface area contributed by atoms with Gasteiger partial charge in [-0.15, -0.1) is 0 Å². The van der Waals surface area contributed by atoms with Crippen molar-refractivity contribution in [1.29, 1.82) is 0 Å². The number of hydrogen-bond donors (Lipinski definition) is 1. The minimum Gasteiger partial charge on any atom is -0.379 e. The fourth-order valence-electron chi connectivity index (χ4n) is 3.25. The zero-order chi connectivity index (χ0) is 21.5. The van der Waals surface area contributed by atoms with Crippen LogP contribution in [0.5, 0.6) is 0 Å². The number of likely N-dealkylation sites (N-methyl/N-ethyl adjacent to an activating group) is 1. The maximum absolute atomic E-state index is 12.0. The summed E-state index contributed by atoms with van der Waals surface area (Å²) in [6.07, 6.45) is 4.97. The molecular formula is C22H36N2O5. The smallest absolute Gasteiger partial charge is 0.341 e. The average Bonchev–Trinajstić information content (AvgIpc) is 2.74. The highest BCUT2D eigenvalue weighted by Crippen LogP contribution is 2.20. The van der Waals surface area contributed by atoms with Crippen molar-refractivity contribution in [2.24, 2.45) is 5.90 Å². The number of benzene rings is 1. The van der Waals surface area contributed by atoms with Crippen molar-refractivity contribution in [3.05, 3.63) is 34.9 Å². The van der Waals surface area contributed by atoms with Gasteiger partial charge in [0.1, 0.15) is 12.3 Å². The van der Waals surface area contributed by atoms with E-state index in [1.54, 1.807) is 6.07 Å². The predicted molar refractivity (Wildman–Crippen MR) is 113 cm³/mol. The van der Waals surface area contributed by atoms with Crippen LogP contribution in [0.3, 0.4) is 0 Å². The third-order valence-electron chi connectivity index (χ3n) is 4.78. The van der Waals surface area contributed by atoms with Crippen LogP contribution in [0.4, 0.5) is 0 Å². The summed E-state index contributed by atoms with van der Waals surface area (Å²) >= 11 is 0. The predicted octanol–water partition coefficient (Wildman–Crippen LogP) is 2.89. The van der Waals surface area contributed by atoms with Crippen LogP contribution in [-0.4, -0.2) is 56.7 Å². The molecule has 29 heavy (non-hydrogen) atoms. The van der Waals surface area contributed by atoms with Gasteiger partial charge in [-0.1, -0.05) is 38.5 Å². The number of aryl methyl sites for hydroxylation is 1. The molecule has 0 amide bonds. The van der Waals surface area contributed by atoms with E-state index in [9.17, 15) is 9.59 Å². The molecule has 1 atom stereocenters. The second-order valence-corrected chi connectivity index (χ2v) is 7.09. The quantitative estimate of drug-likeness (QED) is 0.255. The van der Waals surface area contributed by atoms with E-state index < -0.39 is 12.0 Å². The highest BCUT2D eigenvalue weighted by Gasteiger charge is 2.25. The van der Waals surface area contributed by atoms with Crippen LogP contribution in [0.25, 0.3) is 0 Å². The molecule has 7 heteroatoms. The van der Waals surface area contributed by atoms with E-state index in [-0.39, 0.29) is 0 Å². The van der Waals surface area contributed by atoms with Gasteiger partial charge in [-0.25, -0.2) is 4.79 Å². The van der Waals surface area contributed by atoms with Gasteiger partial charge in [0.05, 0.1) is 13.2 Å². The third-order valence-corrected chi connectivity index (χ3v) is 4.78. The molecule has 0 aliphatic rings. The summed E-state index contributed by atoms with van der Waals surface area (Å²) < 4.78 is 11.0. The fourth-order valence-corrected chi connectivity index (χ4v) is 3.25. The first-order valence-electron chi connectivity index (χ1n) is 10.4. The van der Waals surface area contributed by atoms with Crippen LogP contribution in [0.15, 0.2) is 18.2 Å². The van der Waals surface area contributed by atoms with Crippen molar-refractivity contribution in [2.45, 2.75) is 58.5 Å².